The van der Waals surface area contributed by atoms with E-state index in [-0.39, 0.29) is 24.8 Å². The molecule has 0 aliphatic heterocycles. The third-order valence-electron chi connectivity index (χ3n) is 3.06. The van der Waals surface area contributed by atoms with E-state index in [1.165, 1.54) is 4.68 Å². The molecule has 10 heteroatoms. The molecule has 1 amide bonds. The Morgan fingerprint density at radius 2 is 2.16 bits per heavy atom. The first-order valence-electron chi connectivity index (χ1n) is 7.45. The monoisotopic (exact) mass is 365 g/mol. The minimum absolute atomic E-state index is 0.0485. The Labute approximate surface area is 148 Å². The van der Waals surface area contributed by atoms with Crippen LogP contribution in [0.1, 0.15) is 6.92 Å². The summed E-state index contributed by atoms with van der Waals surface area (Å²) in [6.45, 7) is 1.80. The summed E-state index contributed by atoms with van der Waals surface area (Å²) in [7, 11) is 1.57. The van der Waals surface area contributed by atoms with Crippen molar-refractivity contribution in [3.63, 3.8) is 0 Å². The Hall–Kier alpha value is -2.75. The third-order valence-corrected chi connectivity index (χ3v) is 4.00. The van der Waals surface area contributed by atoms with E-state index in [1.807, 2.05) is 18.2 Å². The van der Waals surface area contributed by atoms with Gasteiger partial charge in [-0.25, -0.2) is 4.68 Å². The number of amides is 1. The molecule has 0 fully saturated rings. The van der Waals surface area contributed by atoms with E-state index in [2.05, 4.69) is 15.5 Å². The number of methoxy groups -OCH3 is 1. The van der Waals surface area contributed by atoms with Gasteiger partial charge in [-0.1, -0.05) is 23.9 Å². The maximum absolute atomic E-state index is 11.7. The van der Waals surface area contributed by atoms with Gasteiger partial charge in [0, 0.05) is 5.56 Å². The molecule has 0 unspecified atom stereocenters. The Bertz CT molecular complexity index is 749. The molecule has 1 heterocycles. The van der Waals surface area contributed by atoms with Gasteiger partial charge in [-0.05, 0) is 19.1 Å². The quantitative estimate of drug-likeness (QED) is 0.393. The van der Waals surface area contributed by atoms with Crippen molar-refractivity contribution in [2.75, 3.05) is 31.9 Å². The van der Waals surface area contributed by atoms with Crippen LogP contribution in [0, 0.1) is 0 Å². The van der Waals surface area contributed by atoms with Crippen molar-refractivity contribution >= 4 is 23.6 Å². The second-order valence-electron chi connectivity index (χ2n) is 4.78. The summed E-state index contributed by atoms with van der Waals surface area (Å²) >= 11 is 1.11. The Kier molecular flexibility index (Phi) is 6.63. The fourth-order valence-electron chi connectivity index (χ4n) is 1.90. The molecule has 0 aliphatic carbocycles. The van der Waals surface area contributed by atoms with Gasteiger partial charge in [0.1, 0.15) is 12.3 Å². The van der Waals surface area contributed by atoms with Crippen LogP contribution in [0.25, 0.3) is 11.4 Å². The zero-order valence-corrected chi connectivity index (χ0v) is 14.7. The Morgan fingerprint density at radius 3 is 2.88 bits per heavy atom. The standard InChI is InChI=1S/C15H19N5O4S/c1-3-24-13(22)8-17-12(21)9-25-15-19-18-14(20(15)16)10-5-4-6-11(7-10)23-2/h4-7H,3,8-9,16H2,1-2H3,(H,17,21). The maximum atomic E-state index is 11.7. The van der Waals surface area contributed by atoms with E-state index in [9.17, 15) is 9.59 Å². The van der Waals surface area contributed by atoms with Crippen molar-refractivity contribution in [2.24, 2.45) is 0 Å². The summed E-state index contributed by atoms with van der Waals surface area (Å²) in [6.07, 6.45) is 0. The summed E-state index contributed by atoms with van der Waals surface area (Å²) in [5.74, 6) is 6.36. The number of nitrogens with one attached hydrogen (secondary N) is 1. The first-order valence-corrected chi connectivity index (χ1v) is 8.43. The average Bonchev–Trinajstić information content (AvgIpc) is 2.99. The average molecular weight is 365 g/mol. The van der Waals surface area contributed by atoms with Crippen molar-refractivity contribution in [1.82, 2.24) is 20.2 Å². The van der Waals surface area contributed by atoms with E-state index in [0.717, 1.165) is 17.3 Å². The van der Waals surface area contributed by atoms with Crippen LogP contribution >= 0.6 is 11.8 Å². The molecule has 0 spiro atoms. The first kappa shape index (κ1) is 18.6. The lowest BCUT2D eigenvalue weighted by molar-refractivity contribution is -0.143. The number of rotatable bonds is 8. The van der Waals surface area contributed by atoms with Crippen LogP contribution < -0.4 is 15.9 Å². The number of carbonyl (C=O) groups excluding carboxylic acids is 2. The summed E-state index contributed by atoms with van der Waals surface area (Å²) < 4.78 is 11.2. The number of carbonyl (C=O) groups is 2. The zero-order chi connectivity index (χ0) is 18.2. The normalized spacial score (nSPS) is 10.3. The number of nitrogens with zero attached hydrogens (tertiary/aromatic N) is 3. The number of aromatic nitrogens is 3. The van der Waals surface area contributed by atoms with Crippen LogP contribution in [0.4, 0.5) is 0 Å². The number of benzene rings is 1. The van der Waals surface area contributed by atoms with Crippen molar-refractivity contribution in [2.45, 2.75) is 12.1 Å². The summed E-state index contributed by atoms with van der Waals surface area (Å²) in [5, 5.41) is 10.9. The number of ether oxygens (including phenoxy) is 2. The molecule has 9 nitrogen and oxygen atoms in total. The van der Waals surface area contributed by atoms with Crippen molar-refractivity contribution in [3.8, 4) is 17.1 Å². The van der Waals surface area contributed by atoms with Crippen LogP contribution in [0.15, 0.2) is 29.4 Å². The molecule has 2 rings (SSSR count). The van der Waals surface area contributed by atoms with E-state index >= 15 is 0 Å². The highest BCUT2D eigenvalue weighted by Gasteiger charge is 2.14. The summed E-state index contributed by atoms with van der Waals surface area (Å²) in [5.41, 5.74) is 0.743. The number of thioether (sulfide) groups is 1. The van der Waals surface area contributed by atoms with E-state index < -0.39 is 5.97 Å². The molecule has 134 valence electrons. The number of hydrogen-bond acceptors (Lipinski definition) is 8. The molecule has 0 atom stereocenters. The molecule has 0 aliphatic rings. The topological polar surface area (TPSA) is 121 Å². The number of nitrogens with two attached hydrogens (primary N) is 1. The van der Waals surface area contributed by atoms with Crippen LogP contribution in [0.3, 0.4) is 0 Å². The molecule has 1 aromatic heterocycles. The van der Waals surface area contributed by atoms with Crippen molar-refractivity contribution in [3.05, 3.63) is 24.3 Å². The van der Waals surface area contributed by atoms with Crippen LogP contribution in [-0.4, -0.2) is 52.8 Å². The van der Waals surface area contributed by atoms with Gasteiger partial charge in [0.15, 0.2) is 5.82 Å². The van der Waals surface area contributed by atoms with Gasteiger partial charge in [-0.2, -0.15) is 0 Å². The van der Waals surface area contributed by atoms with Gasteiger partial charge in [-0.3, -0.25) is 9.59 Å². The fourth-order valence-corrected chi connectivity index (χ4v) is 2.58. The second kappa shape index (κ2) is 8.92. The van der Waals surface area contributed by atoms with Crippen LogP contribution in [0.5, 0.6) is 5.75 Å². The highest BCUT2D eigenvalue weighted by molar-refractivity contribution is 7.99. The highest BCUT2D eigenvalue weighted by atomic mass is 32.2. The molecule has 0 bridgehead atoms. The van der Waals surface area contributed by atoms with Crippen LogP contribution in [0.2, 0.25) is 0 Å². The lowest BCUT2D eigenvalue weighted by atomic mass is 10.2. The molecular weight excluding hydrogens is 346 g/mol. The van der Waals surface area contributed by atoms with Gasteiger partial charge < -0.3 is 20.6 Å². The van der Waals surface area contributed by atoms with Gasteiger partial charge in [0.25, 0.3) is 0 Å². The Balaban J connectivity index is 1.94. The zero-order valence-electron chi connectivity index (χ0n) is 13.9. The van der Waals surface area contributed by atoms with Gasteiger partial charge in [-0.15, -0.1) is 10.2 Å². The molecule has 0 radical (unpaired) electrons. The van der Waals surface area contributed by atoms with E-state index in [1.54, 1.807) is 20.1 Å². The van der Waals surface area contributed by atoms with Gasteiger partial charge in [0.05, 0.1) is 19.5 Å². The Morgan fingerprint density at radius 1 is 1.36 bits per heavy atom. The summed E-state index contributed by atoms with van der Waals surface area (Å²) in [6, 6.07) is 7.24. The molecule has 2 aromatic rings. The number of nitrogen functional groups attached to an aromatic ring is 1. The largest absolute Gasteiger partial charge is 0.497 e. The third kappa shape index (κ3) is 5.11. The molecule has 0 saturated carbocycles. The molecule has 25 heavy (non-hydrogen) atoms. The lowest BCUT2D eigenvalue weighted by Crippen LogP contribution is -2.32. The minimum Gasteiger partial charge on any atom is -0.497 e. The lowest BCUT2D eigenvalue weighted by Gasteiger charge is -2.06. The molecule has 1 aromatic carbocycles. The van der Waals surface area contributed by atoms with Crippen molar-refractivity contribution in [1.29, 1.82) is 0 Å². The highest BCUT2D eigenvalue weighted by Crippen LogP contribution is 2.24. The fraction of sp³-hybridized carbons (Fsp3) is 0.333. The molecule has 3 N–H and O–H groups in total. The summed E-state index contributed by atoms with van der Waals surface area (Å²) in [4.78, 5) is 22.9. The SMILES string of the molecule is CCOC(=O)CNC(=O)CSc1nnc(-c2cccc(OC)c2)n1N. The predicted octanol–water partition coefficient (Wildman–Crippen LogP) is 0.439. The van der Waals surface area contributed by atoms with Crippen molar-refractivity contribution < 1.29 is 19.1 Å². The van der Waals surface area contributed by atoms with Gasteiger partial charge >= 0.3 is 5.97 Å². The number of esters is 1. The smallest absolute Gasteiger partial charge is 0.325 e. The number of hydrogen-bond donors (Lipinski definition) is 2. The van der Waals surface area contributed by atoms with E-state index in [0.29, 0.717) is 16.7 Å². The minimum atomic E-state index is -0.483. The predicted molar refractivity (Wildman–Crippen MR) is 92.5 cm³/mol. The maximum Gasteiger partial charge on any atom is 0.325 e. The van der Waals surface area contributed by atoms with Gasteiger partial charge in [0.2, 0.25) is 11.1 Å². The first-order chi connectivity index (χ1) is 12.0. The molecular formula is C15H19N5O4S. The molecule has 0 saturated heterocycles. The second-order valence-corrected chi connectivity index (χ2v) is 5.72. The van der Waals surface area contributed by atoms with Crippen LogP contribution in [-0.2, 0) is 14.3 Å². The van der Waals surface area contributed by atoms with E-state index in [4.69, 9.17) is 15.3 Å².